The molecule has 1 heterocycles. The molecule has 0 saturated carbocycles. The van der Waals surface area contributed by atoms with E-state index in [1.807, 2.05) is 18.2 Å². The summed E-state index contributed by atoms with van der Waals surface area (Å²) in [5, 5.41) is 7.58. The molecular formula is C18H30ClIN4O. The van der Waals surface area contributed by atoms with Crippen LogP contribution in [0.25, 0.3) is 0 Å². The first-order valence-corrected chi connectivity index (χ1v) is 9.06. The van der Waals surface area contributed by atoms with Gasteiger partial charge in [-0.2, -0.15) is 0 Å². The zero-order valence-corrected chi connectivity index (χ0v) is 18.4. The highest BCUT2D eigenvalue weighted by atomic mass is 127. The molecule has 1 aliphatic rings. The molecule has 0 unspecified atom stereocenters. The van der Waals surface area contributed by atoms with Crippen molar-refractivity contribution in [2.75, 3.05) is 33.8 Å². The van der Waals surface area contributed by atoms with Crippen LogP contribution in [-0.2, 0) is 6.54 Å². The van der Waals surface area contributed by atoms with Crippen LogP contribution in [0.2, 0.25) is 5.02 Å². The maximum Gasteiger partial charge on any atom is 0.191 e. The van der Waals surface area contributed by atoms with Gasteiger partial charge in [-0.25, -0.2) is 0 Å². The molecule has 5 nitrogen and oxygen atoms in total. The lowest BCUT2D eigenvalue weighted by Gasteiger charge is -2.32. The number of nitrogens with one attached hydrogen (secondary N) is 2. The van der Waals surface area contributed by atoms with Crippen LogP contribution in [0.5, 0.6) is 5.75 Å². The molecule has 25 heavy (non-hydrogen) atoms. The highest BCUT2D eigenvalue weighted by Gasteiger charge is 2.19. The summed E-state index contributed by atoms with van der Waals surface area (Å²) in [4.78, 5) is 6.87. The van der Waals surface area contributed by atoms with E-state index in [1.54, 1.807) is 14.2 Å². The molecule has 0 amide bonds. The number of ether oxygens (including phenoxy) is 1. The normalized spacial score (nSPS) is 16.2. The van der Waals surface area contributed by atoms with Crippen LogP contribution in [-0.4, -0.2) is 50.7 Å². The maximum absolute atomic E-state index is 6.01. The van der Waals surface area contributed by atoms with Gasteiger partial charge in [0, 0.05) is 43.3 Å². The van der Waals surface area contributed by atoms with E-state index in [0.717, 1.165) is 43.2 Å². The molecule has 142 valence electrons. The molecule has 0 bridgehead atoms. The topological polar surface area (TPSA) is 48.9 Å². The summed E-state index contributed by atoms with van der Waals surface area (Å²) >= 11 is 6.01. The van der Waals surface area contributed by atoms with E-state index in [4.69, 9.17) is 16.3 Å². The average Bonchev–Trinajstić information content (AvgIpc) is 2.61. The van der Waals surface area contributed by atoms with Gasteiger partial charge in [-0.3, -0.25) is 4.99 Å². The number of guanidine groups is 1. The molecule has 1 aliphatic heterocycles. The molecule has 1 aromatic carbocycles. The minimum atomic E-state index is 0. The van der Waals surface area contributed by atoms with Crippen molar-refractivity contribution >= 4 is 41.5 Å². The lowest BCUT2D eigenvalue weighted by molar-refractivity contribution is 0.206. The predicted octanol–water partition coefficient (Wildman–Crippen LogP) is 3.51. The summed E-state index contributed by atoms with van der Waals surface area (Å²) in [6.45, 7) is 6.41. The number of methoxy groups -OCH3 is 1. The molecule has 0 spiro atoms. The number of hydrogen-bond acceptors (Lipinski definition) is 3. The number of aliphatic imine (C=N–C) groups is 1. The first kappa shape index (κ1) is 22.3. The third-order valence-corrected chi connectivity index (χ3v) is 4.62. The number of piperidine rings is 1. The Balaban J connectivity index is 0.00000312. The largest absolute Gasteiger partial charge is 0.496 e. The Bertz CT molecular complexity index is 548. The minimum Gasteiger partial charge on any atom is -0.496 e. The number of nitrogens with zero attached hydrogens (tertiary/aromatic N) is 2. The Morgan fingerprint density at radius 1 is 1.36 bits per heavy atom. The quantitative estimate of drug-likeness (QED) is 0.372. The number of benzene rings is 1. The van der Waals surface area contributed by atoms with Crippen LogP contribution in [0.3, 0.4) is 0 Å². The van der Waals surface area contributed by atoms with E-state index in [0.29, 0.717) is 17.6 Å². The number of likely N-dealkylation sites (tertiary alicyclic amines) is 1. The van der Waals surface area contributed by atoms with E-state index in [1.165, 1.54) is 13.0 Å². The number of halogens is 2. The van der Waals surface area contributed by atoms with Crippen LogP contribution in [0.4, 0.5) is 0 Å². The van der Waals surface area contributed by atoms with E-state index >= 15 is 0 Å². The molecule has 1 aromatic rings. The van der Waals surface area contributed by atoms with Gasteiger partial charge in [0.25, 0.3) is 0 Å². The summed E-state index contributed by atoms with van der Waals surface area (Å²) in [6, 6.07) is 6.17. The maximum atomic E-state index is 6.01. The third-order valence-electron chi connectivity index (χ3n) is 4.39. The molecule has 1 saturated heterocycles. The molecule has 2 N–H and O–H groups in total. The Hall–Kier alpha value is -0.730. The van der Waals surface area contributed by atoms with Gasteiger partial charge in [-0.1, -0.05) is 24.6 Å². The van der Waals surface area contributed by atoms with Crippen molar-refractivity contribution in [1.82, 2.24) is 15.5 Å². The zero-order chi connectivity index (χ0) is 17.4. The van der Waals surface area contributed by atoms with Crippen molar-refractivity contribution < 1.29 is 4.74 Å². The summed E-state index contributed by atoms with van der Waals surface area (Å²) in [6.07, 6.45) is 3.54. The smallest absolute Gasteiger partial charge is 0.191 e. The van der Waals surface area contributed by atoms with Crippen molar-refractivity contribution in [3.8, 4) is 5.75 Å². The first-order chi connectivity index (χ1) is 11.7. The molecule has 2 rings (SSSR count). The van der Waals surface area contributed by atoms with Crippen molar-refractivity contribution in [3.63, 3.8) is 0 Å². The lowest BCUT2D eigenvalue weighted by Crippen LogP contribution is -2.48. The van der Waals surface area contributed by atoms with Crippen molar-refractivity contribution in [3.05, 3.63) is 28.8 Å². The number of rotatable bonds is 6. The molecule has 0 radical (unpaired) electrons. The van der Waals surface area contributed by atoms with Gasteiger partial charge in [0.15, 0.2) is 5.96 Å². The second-order valence-corrected chi connectivity index (χ2v) is 6.58. The molecule has 0 aromatic heterocycles. The van der Waals surface area contributed by atoms with Crippen molar-refractivity contribution in [2.24, 2.45) is 4.99 Å². The summed E-state index contributed by atoms with van der Waals surface area (Å²) in [5.74, 6) is 1.62. The van der Waals surface area contributed by atoms with E-state index < -0.39 is 0 Å². The van der Waals surface area contributed by atoms with Crippen LogP contribution in [0.1, 0.15) is 31.7 Å². The summed E-state index contributed by atoms with van der Waals surface area (Å²) in [5.41, 5.74) is 1.06. The van der Waals surface area contributed by atoms with Crippen LogP contribution in [0.15, 0.2) is 23.2 Å². The van der Waals surface area contributed by atoms with Gasteiger partial charge < -0.3 is 20.3 Å². The Labute approximate surface area is 173 Å². The fourth-order valence-electron chi connectivity index (χ4n) is 3.05. The van der Waals surface area contributed by atoms with Crippen LogP contribution >= 0.6 is 35.6 Å². The predicted molar refractivity (Wildman–Crippen MR) is 117 cm³/mol. The fraction of sp³-hybridized carbons (Fsp3) is 0.611. The average molecular weight is 481 g/mol. The van der Waals surface area contributed by atoms with Gasteiger partial charge >= 0.3 is 0 Å². The van der Waals surface area contributed by atoms with E-state index in [-0.39, 0.29) is 24.0 Å². The van der Waals surface area contributed by atoms with Crippen LogP contribution in [0, 0.1) is 0 Å². The van der Waals surface area contributed by atoms with Gasteiger partial charge in [0.2, 0.25) is 0 Å². The molecule has 0 aliphatic carbocycles. The molecule has 1 fully saturated rings. The summed E-state index contributed by atoms with van der Waals surface area (Å²) in [7, 11) is 3.47. The zero-order valence-electron chi connectivity index (χ0n) is 15.3. The van der Waals surface area contributed by atoms with Gasteiger partial charge in [0.05, 0.1) is 7.11 Å². The number of hydrogen-bond donors (Lipinski definition) is 2. The second kappa shape index (κ2) is 11.8. The van der Waals surface area contributed by atoms with Gasteiger partial charge in [0.1, 0.15) is 5.75 Å². The highest BCUT2D eigenvalue weighted by Crippen LogP contribution is 2.22. The van der Waals surface area contributed by atoms with Crippen molar-refractivity contribution in [1.29, 1.82) is 0 Å². The molecule has 7 heteroatoms. The van der Waals surface area contributed by atoms with E-state index in [9.17, 15) is 0 Å². The first-order valence-electron chi connectivity index (χ1n) is 8.68. The Morgan fingerprint density at radius 3 is 2.68 bits per heavy atom. The second-order valence-electron chi connectivity index (χ2n) is 6.14. The Morgan fingerprint density at radius 2 is 2.08 bits per heavy atom. The van der Waals surface area contributed by atoms with Gasteiger partial charge in [-0.05, 0) is 37.9 Å². The molecule has 0 atom stereocenters. The van der Waals surface area contributed by atoms with Gasteiger partial charge in [-0.15, -0.1) is 24.0 Å². The summed E-state index contributed by atoms with van der Waals surface area (Å²) < 4.78 is 5.39. The highest BCUT2D eigenvalue weighted by molar-refractivity contribution is 14.0. The molecular weight excluding hydrogens is 451 g/mol. The van der Waals surface area contributed by atoms with Crippen LogP contribution < -0.4 is 15.4 Å². The van der Waals surface area contributed by atoms with E-state index in [2.05, 4.69) is 27.4 Å². The monoisotopic (exact) mass is 480 g/mol. The SMILES string of the molecule is CCCN1CCC(NC(=NC)NCc2ccc(Cl)cc2OC)CC1.I. The standard InChI is InChI=1S/C18H29ClN4O.HI/c1-4-9-23-10-7-16(8-11-23)22-18(20-2)21-13-14-5-6-15(19)12-17(14)24-3;/h5-6,12,16H,4,7-11,13H2,1-3H3,(H2,20,21,22);1H. The third kappa shape index (κ3) is 7.19. The fourth-order valence-corrected chi connectivity index (χ4v) is 3.21. The Kier molecular flexibility index (Phi) is 10.5. The lowest BCUT2D eigenvalue weighted by atomic mass is 10.1. The minimum absolute atomic E-state index is 0. The van der Waals surface area contributed by atoms with Crippen molar-refractivity contribution in [2.45, 2.75) is 38.8 Å².